The molecule has 6 rings (SSSR count). The van der Waals surface area contributed by atoms with Crippen LogP contribution in [0.5, 0.6) is 5.75 Å². The third kappa shape index (κ3) is 3.45. The molecule has 2 aromatic carbocycles. The molecule has 0 atom stereocenters. The van der Waals surface area contributed by atoms with Gasteiger partial charge in [0.15, 0.2) is 0 Å². The van der Waals surface area contributed by atoms with Gasteiger partial charge in [0.25, 0.3) is 0 Å². The summed E-state index contributed by atoms with van der Waals surface area (Å²) in [6.07, 6.45) is 6.93. The summed E-state index contributed by atoms with van der Waals surface area (Å²) >= 11 is 0. The van der Waals surface area contributed by atoms with E-state index >= 15 is 0 Å². The van der Waals surface area contributed by atoms with Gasteiger partial charge in [0.05, 0.1) is 0 Å². The van der Waals surface area contributed by atoms with Gasteiger partial charge in [-0.2, -0.15) is 0 Å². The summed E-state index contributed by atoms with van der Waals surface area (Å²) in [6.45, 7) is 1.81. The number of allylic oxidation sites excluding steroid dienone is 1. The van der Waals surface area contributed by atoms with Crippen molar-refractivity contribution >= 4 is 5.97 Å². The van der Waals surface area contributed by atoms with Gasteiger partial charge in [0.1, 0.15) is 5.75 Å². The zero-order valence-corrected chi connectivity index (χ0v) is 12.8. The number of carbonyl (C=O) groups is 1. The van der Waals surface area contributed by atoms with Crippen LogP contribution in [0.2, 0.25) is 0 Å². The highest BCUT2D eigenvalue weighted by atomic mass is 16.5. The molecule has 4 bridgehead atoms. The van der Waals surface area contributed by atoms with E-state index in [1.807, 2.05) is 13.0 Å². The smallest absolute Gasteiger partial charge is 0.335 e. The van der Waals surface area contributed by atoms with E-state index in [4.69, 9.17) is 4.74 Å². The molecule has 22 heavy (non-hydrogen) atoms. The zero-order valence-electron chi connectivity index (χ0n) is 12.8. The molecular weight excluding hydrogens is 272 g/mol. The summed E-state index contributed by atoms with van der Waals surface area (Å²) < 4.78 is 5.52. The molecule has 0 heterocycles. The molecule has 4 aliphatic rings. The van der Waals surface area contributed by atoms with Crippen LogP contribution in [-0.2, 0) is 30.5 Å². The van der Waals surface area contributed by atoms with Gasteiger partial charge >= 0.3 is 5.97 Å². The van der Waals surface area contributed by atoms with Crippen LogP contribution in [0, 0.1) is 0 Å². The Morgan fingerprint density at radius 1 is 0.909 bits per heavy atom. The van der Waals surface area contributed by atoms with E-state index in [-0.39, 0.29) is 5.97 Å². The van der Waals surface area contributed by atoms with E-state index in [0.717, 1.165) is 31.2 Å². The normalized spacial score (nSPS) is 13.9. The average Bonchev–Trinajstić information content (AvgIpc) is 2.51. The van der Waals surface area contributed by atoms with Crippen molar-refractivity contribution in [2.75, 3.05) is 0 Å². The maximum Gasteiger partial charge on any atom is 0.335 e. The highest BCUT2D eigenvalue weighted by molar-refractivity contribution is 5.84. The molecule has 4 aliphatic carbocycles. The van der Waals surface area contributed by atoms with Crippen molar-refractivity contribution in [2.45, 2.75) is 32.6 Å². The van der Waals surface area contributed by atoms with Crippen LogP contribution in [0.3, 0.4) is 0 Å². The topological polar surface area (TPSA) is 26.3 Å². The fraction of sp³-hybridized carbons (Fsp3) is 0.250. The van der Waals surface area contributed by atoms with Crippen LogP contribution in [0.25, 0.3) is 0 Å². The number of benzene rings is 2. The second-order valence-corrected chi connectivity index (χ2v) is 5.68. The first-order chi connectivity index (χ1) is 10.7. The van der Waals surface area contributed by atoms with Gasteiger partial charge in [0.2, 0.25) is 0 Å². The number of ether oxygens (including phenoxy) is 1. The molecule has 0 N–H and O–H groups in total. The van der Waals surface area contributed by atoms with Gasteiger partial charge in [-0.1, -0.05) is 42.5 Å². The predicted octanol–water partition coefficient (Wildman–Crippen LogP) is 4.05. The van der Waals surface area contributed by atoms with Crippen molar-refractivity contribution in [2.24, 2.45) is 0 Å². The van der Waals surface area contributed by atoms with Crippen molar-refractivity contribution in [3.8, 4) is 5.75 Å². The van der Waals surface area contributed by atoms with Crippen LogP contribution in [0.1, 0.15) is 29.2 Å². The molecule has 0 saturated carbocycles. The SMILES string of the molecule is C/C=C/C(=O)Oc1cc2ccc1CCc1ccc(cc1)CC2. The summed E-state index contributed by atoms with van der Waals surface area (Å²) in [6, 6.07) is 15.1. The zero-order chi connectivity index (χ0) is 15.4. The van der Waals surface area contributed by atoms with Crippen molar-refractivity contribution < 1.29 is 9.53 Å². The standard InChI is InChI=1S/C20H20O2/c1-2-3-20(21)22-19-14-17-9-8-15-4-6-16(7-5-15)10-12-18(19)13-11-17/h2-7,11,13-14H,8-10,12H2,1H3/b3-2+. The number of rotatable bonds is 2. The van der Waals surface area contributed by atoms with Gasteiger partial charge in [-0.3, -0.25) is 0 Å². The molecule has 0 aromatic heterocycles. The number of esters is 1. The lowest BCUT2D eigenvalue weighted by Crippen LogP contribution is -2.07. The third-order valence-electron chi connectivity index (χ3n) is 4.05. The Morgan fingerprint density at radius 3 is 2.18 bits per heavy atom. The second kappa shape index (κ2) is 6.61. The molecular formula is C20H20O2. The number of hydrogen-bond acceptors (Lipinski definition) is 2. The summed E-state index contributed by atoms with van der Waals surface area (Å²) in [5.41, 5.74) is 4.96. The Morgan fingerprint density at radius 2 is 1.50 bits per heavy atom. The Bertz CT molecular complexity index is 696. The van der Waals surface area contributed by atoms with Crippen LogP contribution < -0.4 is 4.74 Å². The monoisotopic (exact) mass is 292 g/mol. The lowest BCUT2D eigenvalue weighted by atomic mass is 9.96. The molecule has 2 nitrogen and oxygen atoms in total. The van der Waals surface area contributed by atoms with Gasteiger partial charge < -0.3 is 4.74 Å². The first-order valence-electron chi connectivity index (χ1n) is 7.79. The summed E-state index contributed by atoms with van der Waals surface area (Å²) in [5, 5.41) is 0. The van der Waals surface area contributed by atoms with E-state index in [9.17, 15) is 4.79 Å². The van der Waals surface area contributed by atoms with E-state index in [2.05, 4.69) is 36.4 Å². The lowest BCUT2D eigenvalue weighted by molar-refractivity contribution is -0.129. The molecule has 0 aliphatic heterocycles. The average molecular weight is 292 g/mol. The van der Waals surface area contributed by atoms with Crippen molar-refractivity contribution in [3.63, 3.8) is 0 Å². The van der Waals surface area contributed by atoms with Gasteiger partial charge in [-0.25, -0.2) is 4.79 Å². The Hall–Kier alpha value is -2.35. The largest absolute Gasteiger partial charge is 0.423 e. The second-order valence-electron chi connectivity index (χ2n) is 5.68. The highest BCUT2D eigenvalue weighted by Crippen LogP contribution is 2.25. The van der Waals surface area contributed by atoms with Gasteiger partial charge in [0, 0.05) is 6.08 Å². The Labute approximate surface area is 131 Å². The quantitative estimate of drug-likeness (QED) is 0.474. The van der Waals surface area contributed by atoms with Crippen LogP contribution >= 0.6 is 0 Å². The molecule has 0 unspecified atom stereocenters. The van der Waals surface area contributed by atoms with Gasteiger partial charge in [-0.15, -0.1) is 0 Å². The van der Waals surface area contributed by atoms with Crippen molar-refractivity contribution in [1.29, 1.82) is 0 Å². The number of aryl methyl sites for hydroxylation is 4. The van der Waals surface area contributed by atoms with Crippen molar-refractivity contribution in [3.05, 3.63) is 76.9 Å². The summed E-state index contributed by atoms with van der Waals surface area (Å²) in [7, 11) is 0. The first-order valence-corrected chi connectivity index (χ1v) is 7.79. The molecule has 0 spiro atoms. The maximum absolute atomic E-state index is 11.8. The Balaban J connectivity index is 1.92. The minimum absolute atomic E-state index is 0.309. The molecule has 0 radical (unpaired) electrons. The minimum Gasteiger partial charge on any atom is -0.423 e. The van der Waals surface area contributed by atoms with E-state index in [1.165, 1.54) is 22.8 Å². The highest BCUT2D eigenvalue weighted by Gasteiger charge is 2.11. The fourth-order valence-corrected chi connectivity index (χ4v) is 2.77. The fourth-order valence-electron chi connectivity index (χ4n) is 2.77. The lowest BCUT2D eigenvalue weighted by Gasteiger charge is -2.13. The summed E-state index contributed by atoms with van der Waals surface area (Å²) in [5.74, 6) is 0.395. The molecule has 0 saturated heterocycles. The third-order valence-corrected chi connectivity index (χ3v) is 4.05. The molecule has 112 valence electrons. The number of carbonyl (C=O) groups excluding carboxylic acids is 1. The van der Waals surface area contributed by atoms with Gasteiger partial charge in [-0.05, 0) is 60.9 Å². The number of hydrogen-bond donors (Lipinski definition) is 0. The molecule has 0 amide bonds. The van der Waals surface area contributed by atoms with E-state index in [0.29, 0.717) is 5.75 Å². The van der Waals surface area contributed by atoms with Crippen LogP contribution in [0.4, 0.5) is 0 Å². The molecule has 2 aromatic rings. The van der Waals surface area contributed by atoms with Crippen LogP contribution in [0.15, 0.2) is 54.6 Å². The van der Waals surface area contributed by atoms with Crippen LogP contribution in [-0.4, -0.2) is 5.97 Å². The Kier molecular flexibility index (Phi) is 4.38. The molecule has 0 fully saturated rings. The van der Waals surface area contributed by atoms with E-state index in [1.54, 1.807) is 6.08 Å². The summed E-state index contributed by atoms with van der Waals surface area (Å²) in [4.78, 5) is 11.8. The first kappa shape index (κ1) is 14.6. The molecule has 2 heteroatoms. The van der Waals surface area contributed by atoms with Crippen molar-refractivity contribution in [1.82, 2.24) is 0 Å². The van der Waals surface area contributed by atoms with E-state index < -0.39 is 0 Å². The maximum atomic E-state index is 11.8. The predicted molar refractivity (Wildman–Crippen MR) is 88.1 cm³/mol. The minimum atomic E-state index is -0.309.